The van der Waals surface area contributed by atoms with Crippen LogP contribution in [0.15, 0.2) is 120 Å². The quantitative estimate of drug-likeness (QED) is 0.188. The lowest BCUT2D eigenvalue weighted by Gasteiger charge is -2.24. The van der Waals surface area contributed by atoms with Crippen molar-refractivity contribution in [3.05, 3.63) is 137 Å². The van der Waals surface area contributed by atoms with Crippen LogP contribution in [0.25, 0.3) is 10.8 Å². The van der Waals surface area contributed by atoms with Crippen LogP contribution < -0.4 is 10.0 Å². The number of benzene rings is 5. The lowest BCUT2D eigenvalue weighted by molar-refractivity contribution is -0.128. The molecule has 0 unspecified atom stereocenters. The molecule has 1 atom stereocenters. The molecule has 0 aliphatic carbocycles. The Balaban J connectivity index is 1.11. The van der Waals surface area contributed by atoms with Crippen molar-refractivity contribution in [2.24, 2.45) is 0 Å². The van der Waals surface area contributed by atoms with Gasteiger partial charge >= 0.3 is 0 Å². The van der Waals surface area contributed by atoms with E-state index >= 15 is 0 Å². The molecule has 216 valence electrons. The summed E-state index contributed by atoms with van der Waals surface area (Å²) in [6, 6.07) is 33.6. The first-order valence-corrected chi connectivity index (χ1v) is 16.4. The standard InChI is InChI=1S/C33H26ClN3O4S2/c34-26-14-8-22(9-15-26)20-37-31(38)21-42-33(37)25-12-10-24(11-13-25)32(39)35-27-16-18-28(19-17-27)43(40,41)36-30-7-3-5-23-4-1-2-6-29(23)30/h1-19,33,36H,20-21H2,(H,35,39)/t33-/m0/s1. The van der Waals surface area contributed by atoms with Gasteiger partial charge < -0.3 is 10.2 Å². The Morgan fingerprint density at radius 2 is 1.56 bits per heavy atom. The summed E-state index contributed by atoms with van der Waals surface area (Å²) in [6.45, 7) is 0.471. The van der Waals surface area contributed by atoms with Crippen LogP contribution in [0.2, 0.25) is 5.02 Å². The van der Waals surface area contributed by atoms with E-state index in [2.05, 4.69) is 10.0 Å². The van der Waals surface area contributed by atoms with E-state index in [1.54, 1.807) is 48.2 Å². The van der Waals surface area contributed by atoms with Crippen molar-refractivity contribution < 1.29 is 18.0 Å². The number of nitrogens with zero attached hydrogens (tertiary/aromatic N) is 1. The molecular weight excluding hydrogens is 602 g/mol. The van der Waals surface area contributed by atoms with Crippen LogP contribution in [-0.4, -0.2) is 30.9 Å². The van der Waals surface area contributed by atoms with Gasteiger partial charge in [0, 0.05) is 28.2 Å². The lowest BCUT2D eigenvalue weighted by Crippen LogP contribution is -2.27. The molecule has 2 amide bonds. The van der Waals surface area contributed by atoms with Crippen molar-refractivity contribution in [3.63, 3.8) is 0 Å². The molecule has 6 rings (SSSR count). The number of sulfonamides is 1. The number of amides is 2. The number of hydrogen-bond acceptors (Lipinski definition) is 5. The largest absolute Gasteiger partial charge is 0.322 e. The van der Waals surface area contributed by atoms with E-state index in [-0.39, 0.29) is 22.1 Å². The number of fused-ring (bicyclic) bond motifs is 1. The summed E-state index contributed by atoms with van der Waals surface area (Å²) >= 11 is 7.55. The second-order valence-electron chi connectivity index (χ2n) is 10.0. The summed E-state index contributed by atoms with van der Waals surface area (Å²) in [5.74, 6) is 0.123. The first kappa shape index (κ1) is 28.8. The topological polar surface area (TPSA) is 95.6 Å². The normalized spacial score (nSPS) is 15.0. The molecule has 0 bridgehead atoms. The molecule has 5 aromatic carbocycles. The summed E-state index contributed by atoms with van der Waals surface area (Å²) in [5, 5.41) is 5.04. The second-order valence-corrected chi connectivity index (χ2v) is 13.2. The van der Waals surface area contributed by atoms with Crippen molar-refractivity contribution in [1.29, 1.82) is 0 Å². The minimum Gasteiger partial charge on any atom is -0.322 e. The zero-order chi connectivity index (χ0) is 30.0. The van der Waals surface area contributed by atoms with E-state index < -0.39 is 10.0 Å². The van der Waals surface area contributed by atoms with Gasteiger partial charge in [0.05, 0.1) is 16.3 Å². The summed E-state index contributed by atoms with van der Waals surface area (Å²) in [7, 11) is -3.84. The molecule has 0 spiro atoms. The highest BCUT2D eigenvalue weighted by Crippen LogP contribution is 2.39. The van der Waals surface area contributed by atoms with E-state index in [0.717, 1.165) is 21.9 Å². The van der Waals surface area contributed by atoms with Crippen molar-refractivity contribution in [2.75, 3.05) is 15.8 Å². The molecule has 43 heavy (non-hydrogen) atoms. The van der Waals surface area contributed by atoms with Crippen molar-refractivity contribution in [1.82, 2.24) is 4.90 Å². The van der Waals surface area contributed by atoms with E-state index in [1.807, 2.05) is 71.6 Å². The third-order valence-corrected chi connectivity index (χ3v) is 10.0. The van der Waals surface area contributed by atoms with E-state index in [0.29, 0.717) is 34.3 Å². The highest BCUT2D eigenvalue weighted by molar-refractivity contribution is 8.00. The first-order valence-electron chi connectivity index (χ1n) is 13.4. The monoisotopic (exact) mass is 627 g/mol. The molecule has 1 aliphatic heterocycles. The van der Waals surface area contributed by atoms with Crippen molar-refractivity contribution in [3.8, 4) is 0 Å². The Bertz CT molecular complexity index is 1910. The number of hydrogen-bond donors (Lipinski definition) is 2. The summed E-state index contributed by atoms with van der Waals surface area (Å²) in [6.07, 6.45) is 0. The minimum atomic E-state index is -3.84. The van der Waals surface area contributed by atoms with E-state index in [9.17, 15) is 18.0 Å². The van der Waals surface area contributed by atoms with Gasteiger partial charge in [-0.05, 0) is 71.1 Å². The van der Waals surface area contributed by atoms with Crippen LogP contribution in [0.3, 0.4) is 0 Å². The summed E-state index contributed by atoms with van der Waals surface area (Å²) < 4.78 is 28.8. The number of carbonyl (C=O) groups excluding carboxylic acids is 2. The van der Waals surface area contributed by atoms with Crippen LogP contribution in [0, 0.1) is 0 Å². The minimum absolute atomic E-state index is 0.0598. The maximum atomic E-state index is 13.1. The Morgan fingerprint density at radius 1 is 0.860 bits per heavy atom. The Labute approximate surface area is 258 Å². The fourth-order valence-corrected chi connectivity index (χ4v) is 7.32. The van der Waals surface area contributed by atoms with Crippen LogP contribution in [0.1, 0.15) is 26.9 Å². The summed E-state index contributed by atoms with van der Waals surface area (Å²) in [5.41, 5.74) is 3.31. The summed E-state index contributed by atoms with van der Waals surface area (Å²) in [4.78, 5) is 27.5. The molecule has 1 aliphatic rings. The van der Waals surface area contributed by atoms with Gasteiger partial charge in [0.25, 0.3) is 15.9 Å². The van der Waals surface area contributed by atoms with Gasteiger partial charge in [0.1, 0.15) is 5.37 Å². The van der Waals surface area contributed by atoms with Gasteiger partial charge in [-0.2, -0.15) is 0 Å². The van der Waals surface area contributed by atoms with Gasteiger partial charge in [0.2, 0.25) is 5.91 Å². The fourth-order valence-electron chi connectivity index (χ4n) is 4.93. The van der Waals surface area contributed by atoms with E-state index in [4.69, 9.17) is 11.6 Å². The number of thioether (sulfide) groups is 1. The Hall–Kier alpha value is -4.31. The van der Waals surface area contributed by atoms with E-state index in [1.165, 1.54) is 12.1 Å². The van der Waals surface area contributed by atoms with Gasteiger partial charge in [-0.1, -0.05) is 72.3 Å². The van der Waals surface area contributed by atoms with Gasteiger partial charge in [-0.3, -0.25) is 14.3 Å². The fraction of sp³-hybridized carbons (Fsp3) is 0.0909. The predicted molar refractivity (Wildman–Crippen MR) is 173 cm³/mol. The molecule has 0 aromatic heterocycles. The molecule has 1 saturated heterocycles. The number of halogens is 1. The maximum Gasteiger partial charge on any atom is 0.261 e. The van der Waals surface area contributed by atoms with Gasteiger partial charge in [-0.25, -0.2) is 8.42 Å². The molecule has 0 radical (unpaired) electrons. The highest BCUT2D eigenvalue weighted by Gasteiger charge is 2.32. The molecule has 7 nitrogen and oxygen atoms in total. The molecule has 0 saturated carbocycles. The first-order chi connectivity index (χ1) is 20.8. The SMILES string of the molecule is O=C(Nc1ccc(S(=O)(=O)Nc2cccc3ccccc23)cc1)c1ccc([C@@H]2SCC(=O)N2Cc2ccc(Cl)cc2)cc1. The zero-order valence-electron chi connectivity index (χ0n) is 22.7. The number of rotatable bonds is 8. The maximum absolute atomic E-state index is 13.1. The van der Waals surface area contributed by atoms with Crippen LogP contribution in [0.5, 0.6) is 0 Å². The highest BCUT2D eigenvalue weighted by atomic mass is 35.5. The van der Waals surface area contributed by atoms with Gasteiger partial charge in [-0.15, -0.1) is 11.8 Å². The molecular formula is C33H26ClN3O4S2. The molecule has 10 heteroatoms. The Kier molecular flexibility index (Phi) is 8.12. The molecule has 2 N–H and O–H groups in total. The molecule has 5 aromatic rings. The third kappa shape index (κ3) is 6.39. The van der Waals surface area contributed by atoms with Crippen molar-refractivity contribution in [2.45, 2.75) is 16.8 Å². The Morgan fingerprint density at radius 3 is 2.30 bits per heavy atom. The molecule has 1 fully saturated rings. The third-order valence-electron chi connectivity index (χ3n) is 7.15. The lowest BCUT2D eigenvalue weighted by atomic mass is 10.1. The number of nitrogens with one attached hydrogen (secondary N) is 2. The average molecular weight is 628 g/mol. The van der Waals surface area contributed by atoms with Crippen LogP contribution >= 0.6 is 23.4 Å². The van der Waals surface area contributed by atoms with Crippen LogP contribution in [-0.2, 0) is 21.4 Å². The van der Waals surface area contributed by atoms with Gasteiger partial charge in [0.15, 0.2) is 0 Å². The smallest absolute Gasteiger partial charge is 0.261 e. The van der Waals surface area contributed by atoms with Crippen LogP contribution in [0.4, 0.5) is 11.4 Å². The van der Waals surface area contributed by atoms with Crippen molar-refractivity contribution >= 4 is 67.3 Å². The zero-order valence-corrected chi connectivity index (χ0v) is 25.1. The number of anilines is 2. The second kappa shape index (κ2) is 12.1. The predicted octanol–water partition coefficient (Wildman–Crippen LogP) is 7.32. The average Bonchev–Trinajstić information content (AvgIpc) is 3.38. The number of carbonyl (C=O) groups is 2. The molecule has 1 heterocycles.